The molecule has 0 N–H and O–H groups in total. The Kier molecular flexibility index (Phi) is 6.26. The second kappa shape index (κ2) is 9.25. The number of nitrogens with zero attached hydrogens (tertiary/aromatic N) is 1. The second-order valence-corrected chi connectivity index (χ2v) is 7.89. The molecule has 6 nitrogen and oxygen atoms in total. The summed E-state index contributed by atoms with van der Waals surface area (Å²) in [6.07, 6.45) is 5.31. The number of esters is 1. The predicted molar refractivity (Wildman–Crippen MR) is 119 cm³/mol. The third kappa shape index (κ3) is 4.43. The number of hydrogen-bond acceptors (Lipinski definition) is 5. The summed E-state index contributed by atoms with van der Waals surface area (Å²) in [6, 6.07) is 15.1. The van der Waals surface area contributed by atoms with E-state index >= 15 is 0 Å². The Morgan fingerprint density at radius 1 is 1.06 bits per heavy atom. The molecule has 0 saturated heterocycles. The number of para-hydroxylation sites is 1. The third-order valence-corrected chi connectivity index (χ3v) is 5.90. The van der Waals surface area contributed by atoms with Gasteiger partial charge < -0.3 is 18.8 Å². The topological polar surface area (TPSA) is 69.0 Å². The fourth-order valence-electron chi connectivity index (χ4n) is 4.27. The van der Waals surface area contributed by atoms with Gasteiger partial charge in [0.05, 0.1) is 7.11 Å². The number of amides is 1. The molecule has 3 aromatic rings. The van der Waals surface area contributed by atoms with Crippen LogP contribution in [0.15, 0.2) is 52.9 Å². The maximum absolute atomic E-state index is 13.1. The molecule has 1 heterocycles. The fourth-order valence-corrected chi connectivity index (χ4v) is 4.27. The van der Waals surface area contributed by atoms with Crippen molar-refractivity contribution in [3.63, 3.8) is 0 Å². The van der Waals surface area contributed by atoms with E-state index in [1.54, 1.807) is 31.1 Å². The highest BCUT2D eigenvalue weighted by molar-refractivity contribution is 5.99. The van der Waals surface area contributed by atoms with E-state index in [2.05, 4.69) is 0 Å². The molecule has 162 valence electrons. The van der Waals surface area contributed by atoms with Crippen LogP contribution < -0.4 is 9.64 Å². The van der Waals surface area contributed by atoms with Gasteiger partial charge in [0.2, 0.25) is 5.76 Å². The average molecular weight is 421 g/mol. The molecule has 0 bridgehead atoms. The smallest absolute Gasteiger partial charge is 0.375 e. The van der Waals surface area contributed by atoms with Crippen molar-refractivity contribution in [3.8, 4) is 5.75 Å². The molecule has 0 atom stereocenters. The molecule has 0 radical (unpaired) electrons. The van der Waals surface area contributed by atoms with Crippen LogP contribution in [0.1, 0.15) is 48.2 Å². The Labute approximate surface area is 181 Å². The molecule has 6 heteroatoms. The quantitative estimate of drug-likeness (QED) is 0.507. The van der Waals surface area contributed by atoms with Crippen LogP contribution in [0.4, 0.5) is 5.69 Å². The van der Waals surface area contributed by atoms with E-state index in [1.165, 1.54) is 6.42 Å². The summed E-state index contributed by atoms with van der Waals surface area (Å²) < 4.78 is 16.3. The molecule has 0 unspecified atom stereocenters. The lowest BCUT2D eigenvalue weighted by Crippen LogP contribution is -2.43. The zero-order valence-electron chi connectivity index (χ0n) is 17.9. The summed E-state index contributed by atoms with van der Waals surface area (Å²) in [5.41, 5.74) is 2.07. The summed E-state index contributed by atoms with van der Waals surface area (Å²) in [7, 11) is 1.59. The number of rotatable bonds is 6. The number of aryl methyl sites for hydroxylation is 1. The monoisotopic (exact) mass is 421 g/mol. The summed E-state index contributed by atoms with van der Waals surface area (Å²) >= 11 is 0. The summed E-state index contributed by atoms with van der Waals surface area (Å²) in [6.45, 7) is 1.46. The minimum Gasteiger partial charge on any atom is -0.497 e. The number of carbonyl (C=O) groups is 2. The summed E-state index contributed by atoms with van der Waals surface area (Å²) in [5.74, 6) is -0.0722. The van der Waals surface area contributed by atoms with E-state index in [1.807, 2.05) is 36.4 Å². The van der Waals surface area contributed by atoms with Crippen molar-refractivity contribution >= 4 is 28.5 Å². The molecular weight excluding hydrogens is 394 g/mol. The zero-order valence-corrected chi connectivity index (χ0v) is 17.9. The minimum atomic E-state index is -0.641. The molecule has 1 amide bonds. The van der Waals surface area contributed by atoms with E-state index in [9.17, 15) is 9.59 Å². The van der Waals surface area contributed by atoms with Crippen LogP contribution in [0.25, 0.3) is 11.0 Å². The number of methoxy groups -OCH3 is 1. The molecule has 31 heavy (non-hydrogen) atoms. The van der Waals surface area contributed by atoms with Gasteiger partial charge in [-0.2, -0.15) is 0 Å². The van der Waals surface area contributed by atoms with Gasteiger partial charge in [-0.05, 0) is 50.1 Å². The SMILES string of the molecule is COc1ccc2oc(C(=O)OCC(=O)N(c3ccccc3)C3CCCCC3)c(C)c2c1. The third-order valence-electron chi connectivity index (χ3n) is 5.90. The van der Waals surface area contributed by atoms with Crippen molar-refractivity contribution < 1.29 is 23.5 Å². The molecule has 1 aromatic heterocycles. The van der Waals surface area contributed by atoms with Crippen molar-refractivity contribution in [3.05, 3.63) is 59.9 Å². The highest BCUT2D eigenvalue weighted by Gasteiger charge is 2.28. The van der Waals surface area contributed by atoms with E-state index in [4.69, 9.17) is 13.9 Å². The van der Waals surface area contributed by atoms with Crippen molar-refractivity contribution in [1.82, 2.24) is 0 Å². The first-order valence-electron chi connectivity index (χ1n) is 10.7. The van der Waals surface area contributed by atoms with Gasteiger partial charge in [-0.25, -0.2) is 4.79 Å². The normalized spacial score (nSPS) is 14.4. The first-order valence-corrected chi connectivity index (χ1v) is 10.7. The van der Waals surface area contributed by atoms with E-state index in [-0.39, 0.29) is 24.3 Å². The molecule has 1 aliphatic carbocycles. The largest absolute Gasteiger partial charge is 0.497 e. The number of ether oxygens (including phenoxy) is 2. The van der Waals surface area contributed by atoms with Crippen molar-refractivity contribution in [2.75, 3.05) is 18.6 Å². The van der Waals surface area contributed by atoms with Crippen LogP contribution >= 0.6 is 0 Å². The first-order chi connectivity index (χ1) is 15.1. The van der Waals surface area contributed by atoms with Crippen LogP contribution in [0.5, 0.6) is 5.75 Å². The lowest BCUT2D eigenvalue weighted by Gasteiger charge is -2.34. The molecule has 0 spiro atoms. The van der Waals surface area contributed by atoms with Gasteiger partial charge in [0.15, 0.2) is 6.61 Å². The van der Waals surface area contributed by atoms with Gasteiger partial charge in [-0.3, -0.25) is 4.79 Å². The highest BCUT2D eigenvalue weighted by Crippen LogP contribution is 2.30. The van der Waals surface area contributed by atoms with Gasteiger partial charge in [0, 0.05) is 22.7 Å². The standard InChI is InChI=1S/C25H27NO5/c1-17-21-15-20(29-2)13-14-22(21)31-24(17)25(28)30-16-23(27)26(18-9-5-3-6-10-18)19-11-7-4-8-12-19/h3,5-6,9-10,13-15,19H,4,7-8,11-12,16H2,1-2H3. The lowest BCUT2D eigenvalue weighted by atomic mass is 9.93. The maximum Gasteiger partial charge on any atom is 0.375 e. The molecular formula is C25H27NO5. The second-order valence-electron chi connectivity index (χ2n) is 7.89. The Hall–Kier alpha value is -3.28. The number of carbonyl (C=O) groups excluding carboxylic acids is 2. The molecule has 4 rings (SSSR count). The number of fused-ring (bicyclic) bond motifs is 1. The van der Waals surface area contributed by atoms with E-state index in [0.29, 0.717) is 16.9 Å². The zero-order chi connectivity index (χ0) is 21.8. The highest BCUT2D eigenvalue weighted by atomic mass is 16.5. The minimum absolute atomic E-state index is 0.111. The average Bonchev–Trinajstić information content (AvgIpc) is 3.15. The van der Waals surface area contributed by atoms with Crippen LogP contribution in [0, 0.1) is 6.92 Å². The van der Waals surface area contributed by atoms with Crippen LogP contribution in [-0.4, -0.2) is 31.6 Å². The Balaban J connectivity index is 1.50. The lowest BCUT2D eigenvalue weighted by molar-refractivity contribution is -0.122. The van der Waals surface area contributed by atoms with Gasteiger partial charge in [0.1, 0.15) is 11.3 Å². The first kappa shape index (κ1) is 21.0. The van der Waals surface area contributed by atoms with Crippen LogP contribution in [0.2, 0.25) is 0 Å². The Morgan fingerprint density at radius 3 is 2.52 bits per heavy atom. The Bertz CT molecular complexity index is 1070. The van der Waals surface area contributed by atoms with Crippen LogP contribution in [-0.2, 0) is 9.53 Å². The number of hydrogen-bond donors (Lipinski definition) is 0. The van der Waals surface area contributed by atoms with Crippen molar-refractivity contribution in [2.24, 2.45) is 0 Å². The van der Waals surface area contributed by atoms with Gasteiger partial charge in [0.25, 0.3) is 5.91 Å². The van der Waals surface area contributed by atoms with Crippen molar-refractivity contribution in [2.45, 2.75) is 45.1 Å². The summed E-state index contributed by atoms with van der Waals surface area (Å²) in [4.78, 5) is 27.6. The Morgan fingerprint density at radius 2 is 1.81 bits per heavy atom. The number of furan rings is 1. The molecule has 0 aliphatic heterocycles. The van der Waals surface area contributed by atoms with Gasteiger partial charge in [-0.15, -0.1) is 0 Å². The van der Waals surface area contributed by atoms with E-state index in [0.717, 1.165) is 36.8 Å². The van der Waals surface area contributed by atoms with E-state index < -0.39 is 5.97 Å². The van der Waals surface area contributed by atoms with Gasteiger partial charge in [-0.1, -0.05) is 37.5 Å². The maximum atomic E-state index is 13.1. The fraction of sp³-hybridized carbons (Fsp3) is 0.360. The number of benzene rings is 2. The molecule has 1 saturated carbocycles. The van der Waals surface area contributed by atoms with Gasteiger partial charge >= 0.3 is 5.97 Å². The predicted octanol–water partition coefficient (Wildman–Crippen LogP) is 5.27. The van der Waals surface area contributed by atoms with Crippen molar-refractivity contribution in [1.29, 1.82) is 0 Å². The molecule has 1 aliphatic rings. The molecule has 1 fully saturated rings. The summed E-state index contributed by atoms with van der Waals surface area (Å²) in [5, 5.41) is 0.783. The molecule has 2 aromatic carbocycles. The van der Waals surface area contributed by atoms with Crippen LogP contribution in [0.3, 0.4) is 0 Å². The number of anilines is 1.